The number of nitrogens with zero attached hydrogens (tertiary/aromatic N) is 2. The zero-order valence-electron chi connectivity index (χ0n) is 14.8. The molecule has 1 aromatic carbocycles. The molecule has 0 saturated carbocycles. The molecule has 5 heteroatoms. The molecule has 24 heavy (non-hydrogen) atoms. The van der Waals surface area contributed by atoms with Crippen LogP contribution in [0.1, 0.15) is 39.2 Å². The standard InChI is InChI=1S/C19H27ClN2O2/c1-19(2,3)18(24)22-12-4-11-21(13-14-22)17(23)10-7-15-5-8-16(20)9-6-15/h5-6,8-9H,4,7,10-14H2,1-3H3. The highest BCUT2D eigenvalue weighted by atomic mass is 35.5. The fraction of sp³-hybridized carbons (Fsp3) is 0.579. The van der Waals surface area contributed by atoms with Crippen LogP contribution in [0, 0.1) is 5.41 Å². The van der Waals surface area contributed by atoms with Gasteiger partial charge in [0.15, 0.2) is 0 Å². The minimum atomic E-state index is -0.367. The first-order chi connectivity index (χ1) is 11.3. The molecule has 1 saturated heterocycles. The highest BCUT2D eigenvalue weighted by Gasteiger charge is 2.29. The molecule has 0 N–H and O–H groups in total. The van der Waals surface area contributed by atoms with E-state index in [9.17, 15) is 9.59 Å². The second-order valence-corrected chi connectivity index (χ2v) is 7.84. The first kappa shape index (κ1) is 18.8. The monoisotopic (exact) mass is 350 g/mol. The zero-order valence-corrected chi connectivity index (χ0v) is 15.6. The lowest BCUT2D eigenvalue weighted by molar-refractivity contribution is -0.139. The molecule has 2 amide bonds. The maximum atomic E-state index is 12.5. The van der Waals surface area contributed by atoms with Gasteiger partial charge in [0.1, 0.15) is 0 Å². The molecule has 0 radical (unpaired) electrons. The van der Waals surface area contributed by atoms with Crippen molar-refractivity contribution in [2.24, 2.45) is 5.41 Å². The number of carbonyl (C=O) groups excluding carboxylic acids is 2. The van der Waals surface area contributed by atoms with Crippen LogP contribution < -0.4 is 0 Å². The number of hydrogen-bond acceptors (Lipinski definition) is 2. The van der Waals surface area contributed by atoms with Gasteiger partial charge in [0, 0.05) is 43.0 Å². The second kappa shape index (κ2) is 8.02. The number of aryl methyl sites for hydroxylation is 1. The molecular weight excluding hydrogens is 324 g/mol. The van der Waals surface area contributed by atoms with Crippen LogP contribution in [0.25, 0.3) is 0 Å². The van der Waals surface area contributed by atoms with Gasteiger partial charge in [-0.2, -0.15) is 0 Å². The molecule has 0 aliphatic carbocycles. The van der Waals surface area contributed by atoms with Gasteiger partial charge >= 0.3 is 0 Å². The van der Waals surface area contributed by atoms with Crippen molar-refractivity contribution in [3.63, 3.8) is 0 Å². The van der Waals surface area contributed by atoms with Crippen molar-refractivity contribution in [3.05, 3.63) is 34.9 Å². The maximum absolute atomic E-state index is 12.5. The van der Waals surface area contributed by atoms with Crippen molar-refractivity contribution in [2.45, 2.75) is 40.0 Å². The number of carbonyl (C=O) groups is 2. The third kappa shape index (κ3) is 5.23. The lowest BCUT2D eigenvalue weighted by atomic mass is 9.94. The molecule has 1 aliphatic rings. The fourth-order valence-electron chi connectivity index (χ4n) is 2.90. The molecule has 1 heterocycles. The van der Waals surface area contributed by atoms with Crippen LogP contribution >= 0.6 is 11.6 Å². The Bertz CT molecular complexity index is 578. The van der Waals surface area contributed by atoms with Crippen LogP contribution in [-0.4, -0.2) is 47.8 Å². The SMILES string of the molecule is CC(C)(C)C(=O)N1CCCN(C(=O)CCc2ccc(Cl)cc2)CC1. The largest absolute Gasteiger partial charge is 0.341 e. The van der Waals surface area contributed by atoms with Crippen LogP contribution in [0.4, 0.5) is 0 Å². The highest BCUT2D eigenvalue weighted by molar-refractivity contribution is 6.30. The van der Waals surface area contributed by atoms with Crippen molar-refractivity contribution in [2.75, 3.05) is 26.2 Å². The van der Waals surface area contributed by atoms with Crippen molar-refractivity contribution in [1.29, 1.82) is 0 Å². The minimum absolute atomic E-state index is 0.162. The molecule has 1 fully saturated rings. The van der Waals surface area contributed by atoms with E-state index in [0.29, 0.717) is 24.5 Å². The van der Waals surface area contributed by atoms with E-state index in [1.807, 2.05) is 54.8 Å². The molecule has 4 nitrogen and oxygen atoms in total. The van der Waals surface area contributed by atoms with E-state index < -0.39 is 0 Å². The van der Waals surface area contributed by atoms with E-state index in [1.165, 1.54) is 0 Å². The summed E-state index contributed by atoms with van der Waals surface area (Å²) in [5.41, 5.74) is 0.750. The molecule has 0 atom stereocenters. The van der Waals surface area contributed by atoms with Gasteiger partial charge in [0.25, 0.3) is 0 Å². The summed E-state index contributed by atoms with van der Waals surface area (Å²) in [7, 11) is 0. The number of rotatable bonds is 3. The maximum Gasteiger partial charge on any atom is 0.228 e. The summed E-state index contributed by atoms with van der Waals surface area (Å²) < 4.78 is 0. The average molecular weight is 351 g/mol. The third-order valence-electron chi connectivity index (χ3n) is 4.32. The van der Waals surface area contributed by atoms with Gasteiger partial charge in [-0.05, 0) is 30.5 Å². The molecule has 0 spiro atoms. The van der Waals surface area contributed by atoms with Gasteiger partial charge in [0.05, 0.1) is 0 Å². The molecular formula is C19H27ClN2O2. The van der Waals surface area contributed by atoms with Crippen LogP contribution in [0.3, 0.4) is 0 Å². The molecule has 0 unspecified atom stereocenters. The number of benzene rings is 1. The summed E-state index contributed by atoms with van der Waals surface area (Å²) in [5, 5.41) is 0.709. The van der Waals surface area contributed by atoms with E-state index >= 15 is 0 Å². The van der Waals surface area contributed by atoms with Crippen molar-refractivity contribution < 1.29 is 9.59 Å². The predicted molar refractivity (Wildman–Crippen MR) is 97.0 cm³/mol. The number of hydrogen-bond donors (Lipinski definition) is 0. The summed E-state index contributed by atoms with van der Waals surface area (Å²) in [6.07, 6.45) is 2.06. The Morgan fingerprint density at radius 3 is 2.21 bits per heavy atom. The Morgan fingerprint density at radius 2 is 1.58 bits per heavy atom. The Hall–Kier alpha value is -1.55. The smallest absolute Gasteiger partial charge is 0.228 e. The van der Waals surface area contributed by atoms with Gasteiger partial charge in [-0.15, -0.1) is 0 Å². The van der Waals surface area contributed by atoms with Crippen molar-refractivity contribution in [3.8, 4) is 0 Å². The van der Waals surface area contributed by atoms with E-state index in [0.717, 1.165) is 31.5 Å². The molecule has 2 rings (SSSR count). The lowest BCUT2D eigenvalue weighted by Gasteiger charge is -2.28. The zero-order chi connectivity index (χ0) is 17.7. The summed E-state index contributed by atoms with van der Waals surface area (Å²) in [5.74, 6) is 0.327. The lowest BCUT2D eigenvalue weighted by Crippen LogP contribution is -2.42. The Balaban J connectivity index is 1.85. The topological polar surface area (TPSA) is 40.6 Å². The van der Waals surface area contributed by atoms with Crippen molar-refractivity contribution in [1.82, 2.24) is 9.80 Å². The summed E-state index contributed by atoms with van der Waals surface area (Å²) in [4.78, 5) is 28.6. The van der Waals surface area contributed by atoms with Crippen LogP contribution in [0.5, 0.6) is 0 Å². The molecule has 1 aromatic rings. The molecule has 1 aliphatic heterocycles. The first-order valence-corrected chi connectivity index (χ1v) is 8.97. The average Bonchev–Trinajstić information content (AvgIpc) is 2.78. The van der Waals surface area contributed by atoms with Crippen LogP contribution in [-0.2, 0) is 16.0 Å². The quantitative estimate of drug-likeness (QED) is 0.838. The van der Waals surface area contributed by atoms with E-state index in [2.05, 4.69) is 0 Å². The minimum Gasteiger partial charge on any atom is -0.341 e. The molecule has 132 valence electrons. The van der Waals surface area contributed by atoms with E-state index in [1.54, 1.807) is 0 Å². The van der Waals surface area contributed by atoms with Gasteiger partial charge in [0.2, 0.25) is 11.8 Å². The summed E-state index contributed by atoms with van der Waals surface area (Å²) >= 11 is 5.88. The van der Waals surface area contributed by atoms with E-state index in [4.69, 9.17) is 11.6 Å². The molecule has 0 bridgehead atoms. The number of halogens is 1. The fourth-order valence-corrected chi connectivity index (χ4v) is 3.03. The van der Waals surface area contributed by atoms with Gasteiger partial charge in [-0.3, -0.25) is 9.59 Å². The normalized spacial score (nSPS) is 16.0. The number of amides is 2. The highest BCUT2D eigenvalue weighted by Crippen LogP contribution is 2.19. The van der Waals surface area contributed by atoms with Crippen molar-refractivity contribution >= 4 is 23.4 Å². The first-order valence-electron chi connectivity index (χ1n) is 8.59. The van der Waals surface area contributed by atoms with Gasteiger partial charge < -0.3 is 9.80 Å². The summed E-state index contributed by atoms with van der Waals surface area (Å²) in [6.45, 7) is 8.54. The summed E-state index contributed by atoms with van der Waals surface area (Å²) in [6, 6.07) is 7.62. The Labute approximate surface area is 149 Å². The second-order valence-electron chi connectivity index (χ2n) is 7.40. The van der Waals surface area contributed by atoms with E-state index in [-0.39, 0.29) is 17.2 Å². The predicted octanol–water partition coefficient (Wildman–Crippen LogP) is 3.38. The molecule has 0 aromatic heterocycles. The van der Waals surface area contributed by atoms with Gasteiger partial charge in [-0.1, -0.05) is 44.5 Å². The Kier molecular flexibility index (Phi) is 6.27. The van der Waals surface area contributed by atoms with Crippen LogP contribution in [0.15, 0.2) is 24.3 Å². The van der Waals surface area contributed by atoms with Crippen LogP contribution in [0.2, 0.25) is 5.02 Å². The third-order valence-corrected chi connectivity index (χ3v) is 4.57. The van der Waals surface area contributed by atoms with Gasteiger partial charge in [-0.25, -0.2) is 0 Å². The Morgan fingerprint density at radius 1 is 1.00 bits per heavy atom.